The van der Waals surface area contributed by atoms with Crippen LogP contribution in [0.2, 0.25) is 0 Å². The zero-order chi connectivity index (χ0) is 19.6. The van der Waals surface area contributed by atoms with Gasteiger partial charge >= 0.3 is 0 Å². The number of nitrogens with one attached hydrogen (secondary N) is 2. The fourth-order valence-corrected chi connectivity index (χ4v) is 3.17. The van der Waals surface area contributed by atoms with Gasteiger partial charge in [0.25, 0.3) is 0 Å². The maximum Gasteiger partial charge on any atom is 0.191 e. The van der Waals surface area contributed by atoms with Crippen LogP contribution >= 0.6 is 0 Å². The molecule has 0 spiro atoms. The highest BCUT2D eigenvalue weighted by molar-refractivity contribution is 5.79. The Labute approximate surface area is 163 Å². The Kier molecular flexibility index (Phi) is 8.67. The van der Waals surface area contributed by atoms with Crippen molar-refractivity contribution in [3.05, 3.63) is 24.3 Å². The molecule has 0 aromatic heterocycles. The summed E-state index contributed by atoms with van der Waals surface area (Å²) in [5.74, 6) is 2.36. The van der Waals surface area contributed by atoms with Crippen LogP contribution in [0.15, 0.2) is 29.3 Å². The van der Waals surface area contributed by atoms with E-state index in [1.165, 1.54) is 0 Å². The van der Waals surface area contributed by atoms with E-state index in [0.29, 0.717) is 18.6 Å². The van der Waals surface area contributed by atoms with E-state index in [9.17, 15) is 0 Å². The Bertz CT molecular complexity index is 596. The number of hydrogen-bond donors (Lipinski definition) is 2. The number of nitrogens with zero attached hydrogens (tertiary/aromatic N) is 2. The Balaban J connectivity index is 1.74. The molecule has 0 radical (unpaired) electrons. The van der Waals surface area contributed by atoms with Gasteiger partial charge in [-0.2, -0.15) is 0 Å². The Morgan fingerprint density at radius 1 is 1.30 bits per heavy atom. The molecule has 1 aromatic rings. The highest BCUT2D eigenvalue weighted by atomic mass is 16.5. The predicted molar refractivity (Wildman–Crippen MR) is 109 cm³/mol. The number of hydrogen-bond acceptors (Lipinski definition) is 5. The molecule has 1 aromatic carbocycles. The average Bonchev–Trinajstić information content (AvgIpc) is 2.68. The van der Waals surface area contributed by atoms with E-state index in [1.54, 1.807) is 14.2 Å². The summed E-state index contributed by atoms with van der Waals surface area (Å²) >= 11 is 0. The predicted octanol–water partition coefficient (Wildman–Crippen LogP) is 1.74. The van der Waals surface area contributed by atoms with Gasteiger partial charge in [-0.1, -0.05) is 6.07 Å². The van der Waals surface area contributed by atoms with Crippen molar-refractivity contribution >= 4 is 5.96 Å². The van der Waals surface area contributed by atoms with Crippen molar-refractivity contribution in [2.45, 2.75) is 39.0 Å². The molecule has 7 nitrogen and oxygen atoms in total. The number of guanidine groups is 1. The summed E-state index contributed by atoms with van der Waals surface area (Å²) in [6.45, 7) is 10.5. The van der Waals surface area contributed by atoms with Gasteiger partial charge in [-0.15, -0.1) is 0 Å². The third-order valence-electron chi connectivity index (χ3n) is 4.71. The molecule has 152 valence electrons. The van der Waals surface area contributed by atoms with Crippen LogP contribution in [0.25, 0.3) is 0 Å². The van der Waals surface area contributed by atoms with Crippen LogP contribution in [0.5, 0.6) is 11.5 Å². The molecule has 2 N–H and O–H groups in total. The van der Waals surface area contributed by atoms with Crippen molar-refractivity contribution in [3.8, 4) is 11.5 Å². The quantitative estimate of drug-likeness (QED) is 0.531. The van der Waals surface area contributed by atoms with Crippen molar-refractivity contribution in [1.29, 1.82) is 0 Å². The normalized spacial score (nSPS) is 20.6. The molecule has 3 atom stereocenters. The molecule has 1 fully saturated rings. The van der Waals surface area contributed by atoms with Crippen LogP contribution in [0.4, 0.5) is 0 Å². The fourth-order valence-electron chi connectivity index (χ4n) is 3.17. The lowest BCUT2D eigenvalue weighted by Crippen LogP contribution is -2.53. The zero-order valence-corrected chi connectivity index (χ0v) is 17.2. The average molecular weight is 379 g/mol. The van der Waals surface area contributed by atoms with Gasteiger partial charge in [-0.05, 0) is 32.9 Å². The summed E-state index contributed by atoms with van der Waals surface area (Å²) in [5, 5.41) is 6.73. The lowest BCUT2D eigenvalue weighted by Gasteiger charge is -2.38. The van der Waals surface area contributed by atoms with E-state index in [-0.39, 0.29) is 6.10 Å². The highest BCUT2D eigenvalue weighted by Crippen LogP contribution is 2.19. The molecule has 1 aliphatic heterocycles. The first-order valence-corrected chi connectivity index (χ1v) is 9.62. The molecule has 27 heavy (non-hydrogen) atoms. The summed E-state index contributed by atoms with van der Waals surface area (Å²) in [6.07, 6.45) is -0.00709. The van der Waals surface area contributed by atoms with E-state index in [4.69, 9.17) is 14.2 Å². The topological polar surface area (TPSA) is 67.4 Å². The smallest absolute Gasteiger partial charge is 0.191 e. The van der Waals surface area contributed by atoms with Crippen molar-refractivity contribution in [2.75, 3.05) is 47.0 Å². The number of methoxy groups -OCH3 is 1. The number of benzene rings is 1. The summed E-state index contributed by atoms with van der Waals surface area (Å²) in [4.78, 5) is 6.78. The largest absolute Gasteiger partial charge is 0.497 e. The molecule has 0 amide bonds. The summed E-state index contributed by atoms with van der Waals surface area (Å²) < 4.78 is 16.7. The molecule has 1 saturated heterocycles. The van der Waals surface area contributed by atoms with E-state index in [2.05, 4.69) is 34.4 Å². The monoisotopic (exact) mass is 378 g/mol. The van der Waals surface area contributed by atoms with Crippen LogP contribution in [0.3, 0.4) is 0 Å². The lowest BCUT2D eigenvalue weighted by atomic mass is 10.2. The molecular formula is C20H34N4O3. The Morgan fingerprint density at radius 2 is 2.04 bits per heavy atom. The molecule has 0 aliphatic carbocycles. The number of ether oxygens (including phenoxy) is 3. The van der Waals surface area contributed by atoms with Gasteiger partial charge in [0, 0.05) is 38.3 Å². The van der Waals surface area contributed by atoms with E-state index in [1.807, 2.05) is 31.2 Å². The second-order valence-corrected chi connectivity index (χ2v) is 6.95. The maximum absolute atomic E-state index is 5.94. The third-order valence-corrected chi connectivity index (χ3v) is 4.71. The van der Waals surface area contributed by atoms with Gasteiger partial charge in [0.2, 0.25) is 0 Å². The second-order valence-electron chi connectivity index (χ2n) is 6.95. The van der Waals surface area contributed by atoms with Gasteiger partial charge in [-0.3, -0.25) is 9.89 Å². The SMILES string of the molecule is CN=C(NCC(C)Oc1cccc(OC)c1)NCC(C)N1CCOCC1C. The van der Waals surface area contributed by atoms with Crippen molar-refractivity contribution in [1.82, 2.24) is 15.5 Å². The number of rotatable bonds is 8. The lowest BCUT2D eigenvalue weighted by molar-refractivity contribution is -0.0174. The van der Waals surface area contributed by atoms with Crippen LogP contribution in [-0.4, -0.2) is 76.1 Å². The first-order chi connectivity index (χ1) is 13.0. The number of morpholine rings is 1. The van der Waals surface area contributed by atoms with E-state index < -0.39 is 0 Å². The first kappa shape index (κ1) is 21.3. The van der Waals surface area contributed by atoms with Gasteiger partial charge in [-0.25, -0.2) is 0 Å². The van der Waals surface area contributed by atoms with Crippen molar-refractivity contribution < 1.29 is 14.2 Å². The second kappa shape index (κ2) is 11.0. The van der Waals surface area contributed by atoms with Crippen LogP contribution in [0.1, 0.15) is 20.8 Å². The zero-order valence-electron chi connectivity index (χ0n) is 17.2. The third kappa shape index (κ3) is 6.92. The van der Waals surface area contributed by atoms with E-state index in [0.717, 1.165) is 43.8 Å². The Hall–Kier alpha value is -1.99. The van der Waals surface area contributed by atoms with Crippen molar-refractivity contribution in [3.63, 3.8) is 0 Å². The van der Waals surface area contributed by atoms with Gasteiger partial charge < -0.3 is 24.8 Å². The molecule has 3 unspecified atom stereocenters. The van der Waals surface area contributed by atoms with Crippen LogP contribution in [-0.2, 0) is 4.74 Å². The molecule has 1 aliphatic rings. The summed E-state index contributed by atoms with van der Waals surface area (Å²) in [7, 11) is 3.43. The minimum Gasteiger partial charge on any atom is -0.497 e. The first-order valence-electron chi connectivity index (χ1n) is 9.62. The van der Waals surface area contributed by atoms with Gasteiger partial charge in [0.05, 0.1) is 26.9 Å². The number of aliphatic imine (C=N–C) groups is 1. The molecular weight excluding hydrogens is 344 g/mol. The minimum atomic E-state index is -0.00709. The minimum absolute atomic E-state index is 0.00709. The summed E-state index contributed by atoms with van der Waals surface area (Å²) in [6, 6.07) is 8.49. The van der Waals surface area contributed by atoms with E-state index >= 15 is 0 Å². The summed E-state index contributed by atoms with van der Waals surface area (Å²) in [5.41, 5.74) is 0. The van der Waals surface area contributed by atoms with Crippen LogP contribution in [0, 0.1) is 0 Å². The molecule has 1 heterocycles. The van der Waals surface area contributed by atoms with Crippen molar-refractivity contribution in [2.24, 2.45) is 4.99 Å². The Morgan fingerprint density at radius 3 is 2.74 bits per heavy atom. The molecule has 7 heteroatoms. The van der Waals surface area contributed by atoms with Gasteiger partial charge in [0.1, 0.15) is 17.6 Å². The molecule has 0 saturated carbocycles. The molecule has 2 rings (SSSR count). The maximum atomic E-state index is 5.94. The van der Waals surface area contributed by atoms with Crippen LogP contribution < -0.4 is 20.1 Å². The standard InChI is InChI=1S/C20H34N4O3/c1-15(24-9-10-26-14-16(24)2)12-22-20(21-4)23-13-17(3)27-19-8-6-7-18(11-19)25-5/h6-8,11,15-17H,9-10,12-14H2,1-5H3,(H2,21,22,23). The highest BCUT2D eigenvalue weighted by Gasteiger charge is 2.23. The van der Waals surface area contributed by atoms with Gasteiger partial charge in [0.15, 0.2) is 5.96 Å². The molecule has 0 bridgehead atoms. The fraction of sp³-hybridized carbons (Fsp3) is 0.650.